The number of nitrogens with one attached hydrogen (secondary N) is 1. The predicted octanol–water partition coefficient (Wildman–Crippen LogP) is 1.83. The fraction of sp³-hybridized carbons (Fsp3) is 0.188. The van der Waals surface area contributed by atoms with Crippen molar-refractivity contribution in [3.63, 3.8) is 0 Å². The zero-order valence-corrected chi connectivity index (χ0v) is 14.1. The number of nitrogens with zero attached hydrogens (tertiary/aromatic N) is 2. The van der Waals surface area contributed by atoms with Crippen LogP contribution in [0.5, 0.6) is 11.5 Å². The minimum absolute atomic E-state index is 0.0285. The van der Waals surface area contributed by atoms with Crippen LogP contribution in [0.25, 0.3) is 5.52 Å². The van der Waals surface area contributed by atoms with Gasteiger partial charge in [-0.05, 0) is 24.3 Å². The highest BCUT2D eigenvalue weighted by atomic mass is 32.2. The molecule has 0 saturated carbocycles. The summed E-state index contributed by atoms with van der Waals surface area (Å²) < 4.78 is 39.8. The maximum atomic E-state index is 12.6. The van der Waals surface area contributed by atoms with Gasteiger partial charge in [-0.15, -0.1) is 0 Å². The summed E-state index contributed by atoms with van der Waals surface area (Å²) in [5.41, 5.74) is 1.62. The van der Waals surface area contributed by atoms with Crippen LogP contribution in [0.3, 0.4) is 0 Å². The number of methoxy groups -OCH3 is 2. The molecule has 126 valence electrons. The average molecular weight is 347 g/mol. The van der Waals surface area contributed by atoms with Gasteiger partial charge in [0.15, 0.2) is 0 Å². The van der Waals surface area contributed by atoms with Gasteiger partial charge < -0.3 is 9.47 Å². The summed E-state index contributed by atoms with van der Waals surface area (Å²) in [7, 11) is -0.873. The average Bonchev–Trinajstić information content (AvgIpc) is 3.02. The summed E-state index contributed by atoms with van der Waals surface area (Å²) >= 11 is 0. The van der Waals surface area contributed by atoms with Crippen molar-refractivity contribution in [2.24, 2.45) is 0 Å². The molecule has 0 fully saturated rings. The van der Waals surface area contributed by atoms with Crippen molar-refractivity contribution >= 4 is 15.5 Å². The first kappa shape index (κ1) is 16.3. The Morgan fingerprint density at radius 1 is 1.17 bits per heavy atom. The maximum absolute atomic E-state index is 12.6. The molecule has 7 nitrogen and oxygen atoms in total. The van der Waals surface area contributed by atoms with E-state index in [1.54, 1.807) is 29.0 Å². The van der Waals surface area contributed by atoms with Crippen LogP contribution in [-0.2, 0) is 16.6 Å². The molecule has 0 aliphatic carbocycles. The normalized spacial score (nSPS) is 11.6. The van der Waals surface area contributed by atoms with E-state index >= 15 is 0 Å². The smallest absolute Gasteiger partial charge is 0.244 e. The first-order chi connectivity index (χ1) is 11.5. The van der Waals surface area contributed by atoms with Gasteiger partial charge in [0.2, 0.25) is 10.0 Å². The van der Waals surface area contributed by atoms with Gasteiger partial charge in [-0.25, -0.2) is 17.7 Å². The number of ether oxygens (including phenoxy) is 2. The Balaban J connectivity index is 1.89. The second-order valence-corrected chi connectivity index (χ2v) is 6.78. The number of hydrogen-bond donors (Lipinski definition) is 1. The molecular formula is C16H17N3O4S. The van der Waals surface area contributed by atoms with Crippen molar-refractivity contribution in [2.45, 2.75) is 11.4 Å². The van der Waals surface area contributed by atoms with E-state index in [4.69, 9.17) is 9.47 Å². The standard InChI is InChI=1S/C16H17N3O4S/c1-22-13-6-7-15(23-2)16(9-13)24(20,21)18-11-12-10-17-19-8-4-3-5-14(12)19/h3-10,18H,11H2,1-2H3. The van der Waals surface area contributed by atoms with E-state index in [0.717, 1.165) is 11.1 Å². The lowest BCUT2D eigenvalue weighted by Crippen LogP contribution is -2.23. The van der Waals surface area contributed by atoms with Crippen molar-refractivity contribution in [1.29, 1.82) is 0 Å². The number of sulfonamides is 1. The molecule has 8 heteroatoms. The number of pyridine rings is 1. The minimum Gasteiger partial charge on any atom is -0.497 e. The Labute approximate surface area is 139 Å². The van der Waals surface area contributed by atoms with Crippen molar-refractivity contribution in [3.8, 4) is 11.5 Å². The van der Waals surface area contributed by atoms with Gasteiger partial charge in [-0.1, -0.05) is 6.07 Å². The van der Waals surface area contributed by atoms with Crippen molar-refractivity contribution in [1.82, 2.24) is 14.3 Å². The highest BCUT2D eigenvalue weighted by molar-refractivity contribution is 7.89. The second kappa shape index (κ2) is 6.50. The topological polar surface area (TPSA) is 81.9 Å². The molecule has 3 aromatic rings. The molecule has 0 amide bonds. The lowest BCUT2D eigenvalue weighted by molar-refractivity contribution is 0.392. The maximum Gasteiger partial charge on any atom is 0.244 e. The Kier molecular flexibility index (Phi) is 4.41. The summed E-state index contributed by atoms with van der Waals surface area (Å²) in [6, 6.07) is 10.2. The molecular weight excluding hydrogens is 330 g/mol. The van der Waals surface area contributed by atoms with Crippen LogP contribution >= 0.6 is 0 Å². The predicted molar refractivity (Wildman–Crippen MR) is 88.8 cm³/mol. The monoisotopic (exact) mass is 347 g/mol. The third-order valence-corrected chi connectivity index (χ3v) is 5.04. The molecule has 1 aromatic carbocycles. The summed E-state index contributed by atoms with van der Waals surface area (Å²) in [5.74, 6) is 0.690. The molecule has 0 aliphatic rings. The molecule has 0 aliphatic heterocycles. The van der Waals surface area contributed by atoms with Crippen LogP contribution < -0.4 is 14.2 Å². The van der Waals surface area contributed by atoms with Gasteiger partial charge in [-0.2, -0.15) is 5.10 Å². The fourth-order valence-corrected chi connectivity index (χ4v) is 3.56. The lowest BCUT2D eigenvalue weighted by Gasteiger charge is -2.12. The number of aromatic nitrogens is 2. The summed E-state index contributed by atoms with van der Waals surface area (Å²) in [5, 5.41) is 4.19. The van der Waals surface area contributed by atoms with Gasteiger partial charge >= 0.3 is 0 Å². The molecule has 0 saturated heterocycles. The SMILES string of the molecule is COc1ccc(OC)c(S(=O)(=O)NCc2cnn3ccccc23)c1. The molecule has 0 atom stereocenters. The zero-order chi connectivity index (χ0) is 17.2. The Bertz CT molecular complexity index is 966. The van der Waals surface area contributed by atoms with Crippen molar-refractivity contribution in [2.75, 3.05) is 14.2 Å². The molecule has 1 N–H and O–H groups in total. The van der Waals surface area contributed by atoms with Gasteiger partial charge in [-0.3, -0.25) is 0 Å². The van der Waals surface area contributed by atoms with Gasteiger partial charge in [0, 0.05) is 24.4 Å². The zero-order valence-electron chi connectivity index (χ0n) is 13.3. The second-order valence-electron chi connectivity index (χ2n) is 5.04. The van der Waals surface area contributed by atoms with E-state index in [-0.39, 0.29) is 17.2 Å². The summed E-state index contributed by atoms with van der Waals surface area (Å²) in [4.78, 5) is 0.0285. The van der Waals surface area contributed by atoms with Crippen LogP contribution in [0.4, 0.5) is 0 Å². The fourth-order valence-electron chi connectivity index (χ4n) is 2.37. The summed E-state index contributed by atoms with van der Waals surface area (Å²) in [6.07, 6.45) is 3.44. The van der Waals surface area contributed by atoms with Crippen LogP contribution in [0, 0.1) is 0 Å². The summed E-state index contributed by atoms with van der Waals surface area (Å²) in [6.45, 7) is 0.121. The highest BCUT2D eigenvalue weighted by Gasteiger charge is 2.21. The van der Waals surface area contributed by atoms with E-state index in [0.29, 0.717) is 5.75 Å². The number of rotatable bonds is 6. The minimum atomic E-state index is -3.77. The molecule has 2 aromatic heterocycles. The van der Waals surface area contributed by atoms with Crippen LogP contribution in [0.15, 0.2) is 53.7 Å². The van der Waals surface area contributed by atoms with Crippen LogP contribution in [0.2, 0.25) is 0 Å². The van der Waals surface area contributed by atoms with Gasteiger partial charge in [0.1, 0.15) is 16.4 Å². The Hall–Kier alpha value is -2.58. The third kappa shape index (κ3) is 3.06. The molecule has 24 heavy (non-hydrogen) atoms. The number of benzene rings is 1. The quantitative estimate of drug-likeness (QED) is 0.736. The molecule has 0 bridgehead atoms. The molecule has 0 unspecified atom stereocenters. The number of fused-ring (bicyclic) bond motifs is 1. The number of hydrogen-bond acceptors (Lipinski definition) is 5. The van der Waals surface area contributed by atoms with Crippen LogP contribution in [-0.4, -0.2) is 32.3 Å². The van der Waals surface area contributed by atoms with E-state index in [9.17, 15) is 8.42 Å². The van der Waals surface area contributed by atoms with Crippen molar-refractivity contribution in [3.05, 3.63) is 54.4 Å². The largest absolute Gasteiger partial charge is 0.497 e. The molecule has 0 radical (unpaired) electrons. The van der Waals surface area contributed by atoms with E-state index in [2.05, 4.69) is 9.82 Å². The first-order valence-corrected chi connectivity index (χ1v) is 8.66. The van der Waals surface area contributed by atoms with E-state index in [1.807, 2.05) is 18.2 Å². The molecule has 2 heterocycles. The third-order valence-electron chi connectivity index (χ3n) is 3.62. The first-order valence-electron chi connectivity index (χ1n) is 7.18. The van der Waals surface area contributed by atoms with Crippen LogP contribution in [0.1, 0.15) is 5.56 Å². The molecule has 3 rings (SSSR count). The van der Waals surface area contributed by atoms with Gasteiger partial charge in [0.05, 0.1) is 25.9 Å². The lowest BCUT2D eigenvalue weighted by atomic mass is 10.3. The highest BCUT2D eigenvalue weighted by Crippen LogP contribution is 2.28. The van der Waals surface area contributed by atoms with Gasteiger partial charge in [0.25, 0.3) is 0 Å². The van der Waals surface area contributed by atoms with Crippen molar-refractivity contribution < 1.29 is 17.9 Å². The Morgan fingerprint density at radius 3 is 2.75 bits per heavy atom. The van der Waals surface area contributed by atoms with E-state index in [1.165, 1.54) is 20.3 Å². The van der Waals surface area contributed by atoms with E-state index < -0.39 is 10.0 Å². The Morgan fingerprint density at radius 2 is 2.00 bits per heavy atom. The molecule has 0 spiro atoms.